The van der Waals surface area contributed by atoms with Gasteiger partial charge in [-0.25, -0.2) is 0 Å². The predicted octanol–water partition coefficient (Wildman–Crippen LogP) is 3.43. The molecule has 0 saturated carbocycles. The standard InChI is InChI=1S/C21H33N3O3Si/c1-20(2,3)28(4,5)27-12-11-24-14-21(13-18(24)25)10-9-15-16(19(22)23-26)7-6-8-17(15)21/h6-8,26H,9-14H2,1-5H3,(H2,22,23). The molecule has 1 aliphatic heterocycles. The van der Waals surface area contributed by atoms with Gasteiger partial charge in [0.1, 0.15) is 5.84 Å². The molecular formula is C21H33N3O3Si. The lowest BCUT2D eigenvalue weighted by atomic mass is 9.80. The Morgan fingerprint density at radius 2 is 2.11 bits per heavy atom. The van der Waals surface area contributed by atoms with E-state index < -0.39 is 8.32 Å². The van der Waals surface area contributed by atoms with Crippen molar-refractivity contribution in [1.29, 1.82) is 5.41 Å². The van der Waals surface area contributed by atoms with E-state index in [-0.39, 0.29) is 22.2 Å². The van der Waals surface area contributed by atoms with Crippen molar-refractivity contribution in [2.75, 3.05) is 19.7 Å². The second-order valence-electron chi connectivity index (χ2n) is 9.70. The number of hydroxylamine groups is 1. The van der Waals surface area contributed by atoms with Crippen LogP contribution in [0, 0.1) is 5.41 Å². The highest BCUT2D eigenvalue weighted by atomic mass is 28.4. The molecule has 3 rings (SSSR count). The van der Waals surface area contributed by atoms with Gasteiger partial charge in [0.2, 0.25) is 5.91 Å². The first-order valence-electron chi connectivity index (χ1n) is 10.0. The van der Waals surface area contributed by atoms with Gasteiger partial charge in [0.05, 0.1) is 6.61 Å². The molecule has 2 aliphatic rings. The number of amides is 1. The van der Waals surface area contributed by atoms with E-state index in [9.17, 15) is 4.79 Å². The van der Waals surface area contributed by atoms with Gasteiger partial charge in [-0.3, -0.25) is 20.9 Å². The van der Waals surface area contributed by atoms with E-state index in [1.165, 1.54) is 0 Å². The Labute approximate surface area is 168 Å². The van der Waals surface area contributed by atoms with E-state index >= 15 is 0 Å². The third-order valence-corrected chi connectivity index (χ3v) is 11.5. The molecule has 0 radical (unpaired) electrons. The fourth-order valence-corrected chi connectivity index (χ4v) is 5.27. The van der Waals surface area contributed by atoms with Gasteiger partial charge in [0.25, 0.3) is 0 Å². The second-order valence-corrected chi connectivity index (χ2v) is 14.5. The number of nitrogens with zero attached hydrogens (tertiary/aromatic N) is 1. The minimum absolute atomic E-state index is 0.0119. The Hall–Kier alpha value is -1.70. The van der Waals surface area contributed by atoms with Crippen molar-refractivity contribution in [2.24, 2.45) is 0 Å². The molecule has 3 N–H and O–H groups in total. The van der Waals surface area contributed by atoms with E-state index in [0.29, 0.717) is 26.1 Å². The normalized spacial score (nSPS) is 22.1. The minimum atomic E-state index is -1.81. The molecular weight excluding hydrogens is 370 g/mol. The van der Waals surface area contributed by atoms with Crippen LogP contribution < -0.4 is 5.48 Å². The van der Waals surface area contributed by atoms with Crippen LogP contribution in [0.2, 0.25) is 18.1 Å². The smallest absolute Gasteiger partial charge is 0.223 e. The number of benzene rings is 1. The Kier molecular flexibility index (Phi) is 5.46. The Morgan fingerprint density at radius 1 is 1.39 bits per heavy atom. The third kappa shape index (κ3) is 3.63. The van der Waals surface area contributed by atoms with Crippen molar-refractivity contribution in [3.63, 3.8) is 0 Å². The summed E-state index contributed by atoms with van der Waals surface area (Å²) < 4.78 is 6.27. The molecule has 1 atom stereocenters. The van der Waals surface area contributed by atoms with E-state index in [1.54, 1.807) is 0 Å². The van der Waals surface area contributed by atoms with Crippen LogP contribution in [0.5, 0.6) is 0 Å². The number of fused-ring (bicyclic) bond motifs is 2. The highest BCUT2D eigenvalue weighted by Crippen LogP contribution is 2.47. The molecule has 7 heteroatoms. The zero-order chi connectivity index (χ0) is 20.7. The van der Waals surface area contributed by atoms with Crippen LogP contribution in [0.1, 0.15) is 50.3 Å². The molecule has 1 aromatic rings. The molecule has 1 amide bonds. The summed E-state index contributed by atoms with van der Waals surface area (Å²) in [6, 6.07) is 5.85. The number of carbonyl (C=O) groups excluding carboxylic acids is 1. The molecule has 1 aliphatic carbocycles. The Morgan fingerprint density at radius 3 is 2.75 bits per heavy atom. The van der Waals surface area contributed by atoms with Gasteiger partial charge >= 0.3 is 0 Å². The van der Waals surface area contributed by atoms with Crippen LogP contribution in [0.3, 0.4) is 0 Å². The lowest BCUT2D eigenvalue weighted by Gasteiger charge is -2.36. The van der Waals surface area contributed by atoms with Crippen LogP contribution >= 0.6 is 0 Å². The number of hydrogen-bond acceptors (Lipinski definition) is 4. The van der Waals surface area contributed by atoms with Gasteiger partial charge in [0.15, 0.2) is 8.32 Å². The molecule has 1 fully saturated rings. The van der Waals surface area contributed by atoms with Crippen molar-refractivity contribution in [2.45, 2.75) is 63.6 Å². The first kappa shape index (κ1) is 21.0. The summed E-state index contributed by atoms with van der Waals surface area (Å²) in [6.07, 6.45) is 2.25. The summed E-state index contributed by atoms with van der Waals surface area (Å²) in [7, 11) is -1.81. The van der Waals surface area contributed by atoms with Crippen LogP contribution in [0.4, 0.5) is 0 Å². The van der Waals surface area contributed by atoms with Crippen LogP contribution in [-0.2, 0) is 21.1 Å². The average Bonchev–Trinajstić information content (AvgIpc) is 3.13. The van der Waals surface area contributed by atoms with Crippen LogP contribution in [0.25, 0.3) is 0 Å². The lowest BCUT2D eigenvalue weighted by molar-refractivity contribution is -0.128. The second kappa shape index (κ2) is 7.28. The van der Waals surface area contributed by atoms with Gasteiger partial charge in [0, 0.05) is 30.5 Å². The lowest BCUT2D eigenvalue weighted by Crippen LogP contribution is -2.43. The summed E-state index contributed by atoms with van der Waals surface area (Å²) in [5.74, 6) is 0.199. The van der Waals surface area contributed by atoms with Crippen LogP contribution in [0.15, 0.2) is 18.2 Å². The van der Waals surface area contributed by atoms with Crippen LogP contribution in [-0.4, -0.2) is 49.9 Å². The predicted molar refractivity (Wildman–Crippen MR) is 113 cm³/mol. The topological polar surface area (TPSA) is 85.7 Å². The molecule has 6 nitrogen and oxygen atoms in total. The van der Waals surface area contributed by atoms with Crippen molar-refractivity contribution in [1.82, 2.24) is 10.4 Å². The molecule has 28 heavy (non-hydrogen) atoms. The maximum Gasteiger partial charge on any atom is 0.223 e. The SMILES string of the molecule is CC(C)(C)[Si](C)(C)OCCN1CC2(CCc3c(C(=N)NO)cccc32)CC1=O. The highest BCUT2D eigenvalue weighted by molar-refractivity contribution is 6.74. The largest absolute Gasteiger partial charge is 0.415 e. The fourth-order valence-electron chi connectivity index (χ4n) is 4.24. The molecule has 1 spiro atoms. The molecule has 0 bridgehead atoms. The van der Waals surface area contributed by atoms with Crippen molar-refractivity contribution in [3.05, 3.63) is 34.9 Å². The number of hydrogen-bond donors (Lipinski definition) is 3. The number of likely N-dealkylation sites (tertiary alicyclic amines) is 1. The monoisotopic (exact) mass is 403 g/mol. The minimum Gasteiger partial charge on any atom is -0.415 e. The van der Waals surface area contributed by atoms with Gasteiger partial charge in [-0.05, 0) is 42.1 Å². The van der Waals surface area contributed by atoms with E-state index in [2.05, 4.69) is 39.9 Å². The average molecular weight is 404 g/mol. The molecule has 1 heterocycles. The maximum absolute atomic E-state index is 12.8. The van der Waals surface area contributed by atoms with Gasteiger partial charge in [-0.1, -0.05) is 39.0 Å². The summed E-state index contributed by atoms with van der Waals surface area (Å²) in [4.78, 5) is 14.7. The molecule has 1 saturated heterocycles. The number of rotatable bonds is 5. The third-order valence-electron chi connectivity index (χ3n) is 6.95. The van der Waals surface area contributed by atoms with Gasteiger partial charge in [-0.15, -0.1) is 0 Å². The van der Waals surface area contributed by atoms with E-state index in [1.807, 2.05) is 22.5 Å². The first-order valence-corrected chi connectivity index (χ1v) is 12.9. The van der Waals surface area contributed by atoms with Crippen molar-refractivity contribution in [3.8, 4) is 0 Å². The first-order chi connectivity index (χ1) is 13.0. The number of carbonyl (C=O) groups is 1. The zero-order valence-corrected chi connectivity index (χ0v) is 18.7. The fraction of sp³-hybridized carbons (Fsp3) is 0.619. The number of amidine groups is 1. The molecule has 154 valence electrons. The van der Waals surface area contributed by atoms with Gasteiger partial charge in [-0.2, -0.15) is 0 Å². The molecule has 1 aromatic carbocycles. The molecule has 1 unspecified atom stereocenters. The Bertz CT molecular complexity index is 788. The van der Waals surface area contributed by atoms with Crippen molar-refractivity contribution >= 4 is 20.1 Å². The van der Waals surface area contributed by atoms with Gasteiger partial charge < -0.3 is 9.33 Å². The highest BCUT2D eigenvalue weighted by Gasteiger charge is 2.48. The van der Waals surface area contributed by atoms with E-state index in [4.69, 9.17) is 15.0 Å². The van der Waals surface area contributed by atoms with Crippen molar-refractivity contribution < 1.29 is 14.4 Å². The summed E-state index contributed by atoms with van der Waals surface area (Å²) in [6.45, 7) is 13.1. The summed E-state index contributed by atoms with van der Waals surface area (Å²) >= 11 is 0. The zero-order valence-electron chi connectivity index (χ0n) is 17.7. The summed E-state index contributed by atoms with van der Waals surface area (Å²) in [5.41, 5.74) is 4.75. The van der Waals surface area contributed by atoms with E-state index in [0.717, 1.165) is 29.5 Å². The molecule has 0 aromatic heterocycles. The Balaban J connectivity index is 1.72. The number of nitrogens with one attached hydrogen (secondary N) is 2. The maximum atomic E-state index is 12.8. The quantitative estimate of drug-likeness (QED) is 0.304. The summed E-state index contributed by atoms with van der Waals surface area (Å²) in [5, 5.41) is 17.2.